The van der Waals surface area contributed by atoms with Crippen molar-refractivity contribution in [2.45, 2.75) is 33.7 Å². The Morgan fingerprint density at radius 3 is 2.39 bits per heavy atom. The molecule has 4 nitrogen and oxygen atoms in total. The zero-order valence-corrected chi connectivity index (χ0v) is 14.2. The van der Waals surface area contributed by atoms with E-state index in [-0.39, 0.29) is 17.4 Å². The van der Waals surface area contributed by atoms with Gasteiger partial charge in [-0.1, -0.05) is 38.1 Å². The summed E-state index contributed by atoms with van der Waals surface area (Å²) >= 11 is 0. The van der Waals surface area contributed by atoms with Crippen molar-refractivity contribution < 1.29 is 14.0 Å². The largest absolute Gasteiger partial charge is 0.340 e. The lowest BCUT2D eigenvalue weighted by molar-refractivity contribution is -0.133. The number of benzene rings is 1. The van der Waals surface area contributed by atoms with Gasteiger partial charge in [0, 0.05) is 13.1 Å². The number of hydrogen-bond acceptors (Lipinski definition) is 2. The third-order valence-corrected chi connectivity index (χ3v) is 3.49. The molecule has 0 aliphatic heterocycles. The highest BCUT2D eigenvalue weighted by molar-refractivity contribution is 5.97. The van der Waals surface area contributed by atoms with Gasteiger partial charge in [0.15, 0.2) is 0 Å². The maximum Gasteiger partial charge on any atom is 0.254 e. The quantitative estimate of drug-likeness (QED) is 0.785. The van der Waals surface area contributed by atoms with Crippen LogP contribution in [-0.2, 0) is 4.79 Å². The minimum atomic E-state index is -0.707. The number of amides is 2. The molecule has 0 heterocycles. The van der Waals surface area contributed by atoms with E-state index in [1.54, 1.807) is 11.0 Å². The number of rotatable bonds is 7. The first-order valence-electron chi connectivity index (χ1n) is 7.76. The summed E-state index contributed by atoms with van der Waals surface area (Å²) in [7, 11) is 0. The Labute approximate surface area is 137 Å². The van der Waals surface area contributed by atoms with Crippen LogP contribution in [-0.4, -0.2) is 35.8 Å². The molecule has 1 aromatic rings. The smallest absolute Gasteiger partial charge is 0.254 e. The average Bonchev–Trinajstić information content (AvgIpc) is 2.49. The Morgan fingerprint density at radius 2 is 1.91 bits per heavy atom. The second-order valence-electron chi connectivity index (χ2n) is 5.98. The molecule has 0 saturated heterocycles. The summed E-state index contributed by atoms with van der Waals surface area (Å²) in [5.74, 6) is -1.48. The van der Waals surface area contributed by atoms with Gasteiger partial charge in [-0.3, -0.25) is 9.59 Å². The first kappa shape index (κ1) is 18.9. The predicted molar refractivity (Wildman–Crippen MR) is 89.6 cm³/mol. The van der Waals surface area contributed by atoms with Crippen LogP contribution in [0.5, 0.6) is 0 Å². The Kier molecular flexibility index (Phi) is 6.94. The molecule has 23 heavy (non-hydrogen) atoms. The van der Waals surface area contributed by atoms with Crippen LogP contribution in [0.1, 0.15) is 38.1 Å². The number of likely N-dealkylation sites (N-methyl/N-ethyl adjacent to an activating group) is 1. The molecule has 0 bridgehead atoms. The maximum absolute atomic E-state index is 13.7. The van der Waals surface area contributed by atoms with E-state index in [0.717, 1.165) is 5.57 Å². The zero-order valence-electron chi connectivity index (χ0n) is 14.2. The van der Waals surface area contributed by atoms with Gasteiger partial charge < -0.3 is 10.2 Å². The van der Waals surface area contributed by atoms with Gasteiger partial charge in [-0.2, -0.15) is 0 Å². The summed E-state index contributed by atoms with van der Waals surface area (Å²) in [6.45, 7) is 12.2. The molecular formula is C18H25FN2O2. The topological polar surface area (TPSA) is 49.4 Å². The molecule has 1 atom stereocenters. The molecule has 0 aromatic heterocycles. The molecule has 1 unspecified atom stereocenters. The van der Waals surface area contributed by atoms with Crippen molar-refractivity contribution in [3.8, 4) is 0 Å². The van der Waals surface area contributed by atoms with Crippen molar-refractivity contribution in [2.75, 3.05) is 13.1 Å². The Morgan fingerprint density at radius 1 is 1.30 bits per heavy atom. The lowest BCUT2D eigenvalue weighted by atomic mass is 10.0. The highest BCUT2D eigenvalue weighted by atomic mass is 19.1. The minimum Gasteiger partial charge on any atom is -0.340 e. The monoisotopic (exact) mass is 320 g/mol. The third-order valence-electron chi connectivity index (χ3n) is 3.49. The Hall–Kier alpha value is -2.17. The SMILES string of the molecule is C=C(C)CN(CC)C(=O)C(NC(=O)c1ccccc1F)C(C)C. The van der Waals surface area contributed by atoms with E-state index in [1.807, 2.05) is 27.7 Å². The fourth-order valence-corrected chi connectivity index (χ4v) is 2.25. The summed E-state index contributed by atoms with van der Waals surface area (Å²) in [6, 6.07) is 5.02. The van der Waals surface area contributed by atoms with Gasteiger partial charge in [-0.25, -0.2) is 4.39 Å². The van der Waals surface area contributed by atoms with Crippen LogP contribution in [0, 0.1) is 11.7 Å². The molecule has 0 spiro atoms. The molecule has 0 saturated carbocycles. The van der Waals surface area contributed by atoms with Crippen LogP contribution >= 0.6 is 0 Å². The van der Waals surface area contributed by atoms with Crippen molar-refractivity contribution in [1.29, 1.82) is 0 Å². The van der Waals surface area contributed by atoms with Crippen molar-refractivity contribution in [1.82, 2.24) is 10.2 Å². The first-order chi connectivity index (χ1) is 10.8. The van der Waals surface area contributed by atoms with E-state index in [4.69, 9.17) is 0 Å². The van der Waals surface area contributed by atoms with E-state index in [2.05, 4.69) is 11.9 Å². The molecule has 0 aliphatic carbocycles. The van der Waals surface area contributed by atoms with E-state index >= 15 is 0 Å². The summed E-state index contributed by atoms with van der Waals surface area (Å²) in [5.41, 5.74) is 0.803. The van der Waals surface area contributed by atoms with Crippen LogP contribution in [0.2, 0.25) is 0 Å². The molecule has 1 aromatic carbocycles. The highest BCUT2D eigenvalue weighted by Crippen LogP contribution is 2.11. The van der Waals surface area contributed by atoms with Gasteiger partial charge in [-0.05, 0) is 31.9 Å². The molecule has 0 radical (unpaired) electrons. The predicted octanol–water partition coefficient (Wildman–Crippen LogP) is 3.00. The summed E-state index contributed by atoms with van der Waals surface area (Å²) < 4.78 is 13.7. The lowest BCUT2D eigenvalue weighted by Crippen LogP contribution is -2.51. The summed E-state index contributed by atoms with van der Waals surface area (Å²) in [4.78, 5) is 26.6. The molecule has 126 valence electrons. The fraction of sp³-hybridized carbons (Fsp3) is 0.444. The Bertz CT molecular complexity index is 584. The van der Waals surface area contributed by atoms with Crippen LogP contribution in [0.3, 0.4) is 0 Å². The number of nitrogens with one attached hydrogen (secondary N) is 1. The van der Waals surface area contributed by atoms with Crippen LogP contribution < -0.4 is 5.32 Å². The summed E-state index contributed by atoms with van der Waals surface area (Å²) in [5, 5.41) is 2.66. The van der Waals surface area contributed by atoms with Crippen molar-refractivity contribution in [3.05, 3.63) is 47.8 Å². The van der Waals surface area contributed by atoms with Crippen LogP contribution in [0.4, 0.5) is 4.39 Å². The van der Waals surface area contributed by atoms with Crippen molar-refractivity contribution >= 4 is 11.8 Å². The normalized spacial score (nSPS) is 11.9. The van der Waals surface area contributed by atoms with E-state index in [1.165, 1.54) is 18.2 Å². The van der Waals surface area contributed by atoms with Crippen molar-refractivity contribution in [2.24, 2.45) is 5.92 Å². The molecule has 2 amide bonds. The minimum absolute atomic E-state index is 0.0612. The van der Waals surface area contributed by atoms with E-state index in [9.17, 15) is 14.0 Å². The van der Waals surface area contributed by atoms with E-state index in [0.29, 0.717) is 13.1 Å². The average molecular weight is 320 g/mol. The van der Waals surface area contributed by atoms with E-state index < -0.39 is 17.8 Å². The van der Waals surface area contributed by atoms with Gasteiger partial charge in [0.05, 0.1) is 5.56 Å². The molecule has 0 aliphatic rings. The van der Waals surface area contributed by atoms with Gasteiger partial charge in [0.2, 0.25) is 5.91 Å². The molecule has 1 N–H and O–H groups in total. The number of halogens is 1. The van der Waals surface area contributed by atoms with Gasteiger partial charge in [0.25, 0.3) is 5.91 Å². The second kappa shape index (κ2) is 8.46. The first-order valence-corrected chi connectivity index (χ1v) is 7.76. The molecular weight excluding hydrogens is 295 g/mol. The summed E-state index contributed by atoms with van der Waals surface area (Å²) in [6.07, 6.45) is 0. The zero-order chi connectivity index (χ0) is 17.6. The van der Waals surface area contributed by atoms with Gasteiger partial charge in [-0.15, -0.1) is 0 Å². The number of carbonyl (C=O) groups is 2. The molecule has 0 fully saturated rings. The number of hydrogen-bond donors (Lipinski definition) is 1. The highest BCUT2D eigenvalue weighted by Gasteiger charge is 2.28. The van der Waals surface area contributed by atoms with Gasteiger partial charge >= 0.3 is 0 Å². The number of carbonyl (C=O) groups excluding carboxylic acids is 2. The maximum atomic E-state index is 13.7. The Balaban J connectivity index is 2.94. The standard InChI is InChI=1S/C18H25FN2O2/c1-6-21(11-12(2)3)18(23)16(13(4)5)20-17(22)14-9-7-8-10-15(14)19/h7-10,13,16H,2,6,11H2,1,3-5H3,(H,20,22). The molecule has 1 rings (SSSR count). The third kappa shape index (κ3) is 5.20. The lowest BCUT2D eigenvalue weighted by Gasteiger charge is -2.29. The fourth-order valence-electron chi connectivity index (χ4n) is 2.25. The van der Waals surface area contributed by atoms with Gasteiger partial charge in [0.1, 0.15) is 11.9 Å². The van der Waals surface area contributed by atoms with Crippen LogP contribution in [0.15, 0.2) is 36.4 Å². The second-order valence-corrected chi connectivity index (χ2v) is 5.98. The molecule has 5 heteroatoms. The van der Waals surface area contributed by atoms with Crippen LogP contribution in [0.25, 0.3) is 0 Å². The van der Waals surface area contributed by atoms with Crippen molar-refractivity contribution in [3.63, 3.8) is 0 Å². The number of nitrogens with zero attached hydrogens (tertiary/aromatic N) is 1.